The molecule has 0 bridgehead atoms. The van der Waals surface area contributed by atoms with Crippen molar-refractivity contribution in [2.24, 2.45) is 22.2 Å². The first kappa shape index (κ1) is 16.1. The molecule has 1 amide bonds. The van der Waals surface area contributed by atoms with Crippen molar-refractivity contribution in [2.75, 3.05) is 32.7 Å². The van der Waals surface area contributed by atoms with Crippen molar-refractivity contribution in [2.45, 2.75) is 39.5 Å². The highest BCUT2D eigenvalue weighted by Crippen LogP contribution is 2.40. The number of amidine groups is 1. The molecule has 2 aliphatic rings. The normalized spacial score (nSPS) is 23.8. The quantitative estimate of drug-likeness (QED) is 0.352. The van der Waals surface area contributed by atoms with E-state index in [0.29, 0.717) is 18.8 Å². The summed E-state index contributed by atoms with van der Waals surface area (Å²) in [6.45, 7) is 8.81. The number of hydrogen-bond acceptors (Lipinski definition) is 4. The first-order valence-electron chi connectivity index (χ1n) is 7.99. The van der Waals surface area contributed by atoms with Gasteiger partial charge in [-0.25, -0.2) is 0 Å². The Labute approximate surface area is 127 Å². The van der Waals surface area contributed by atoms with Crippen molar-refractivity contribution in [3.63, 3.8) is 0 Å². The lowest BCUT2D eigenvalue weighted by Crippen LogP contribution is -2.56. The molecule has 1 heterocycles. The van der Waals surface area contributed by atoms with E-state index in [0.717, 1.165) is 45.6 Å². The summed E-state index contributed by atoms with van der Waals surface area (Å²) in [6, 6.07) is 0. The van der Waals surface area contributed by atoms with Gasteiger partial charge < -0.3 is 15.8 Å². The fourth-order valence-corrected chi connectivity index (χ4v) is 3.61. The number of carbonyl (C=O) groups excluding carboxylic acids is 1. The molecule has 2 fully saturated rings. The molecule has 0 unspecified atom stereocenters. The molecule has 3 N–H and O–H groups in total. The minimum Gasteiger partial charge on any atom is -0.409 e. The average Bonchev–Trinajstić information content (AvgIpc) is 2.96. The third-order valence-corrected chi connectivity index (χ3v) is 4.75. The average molecular weight is 296 g/mol. The van der Waals surface area contributed by atoms with Gasteiger partial charge in [0.05, 0.1) is 0 Å². The number of rotatable bonds is 4. The van der Waals surface area contributed by atoms with Crippen molar-refractivity contribution in [1.82, 2.24) is 9.80 Å². The number of carbonyl (C=O) groups is 1. The highest BCUT2D eigenvalue weighted by atomic mass is 16.4. The summed E-state index contributed by atoms with van der Waals surface area (Å²) in [5.74, 6) is 0.791. The first-order chi connectivity index (χ1) is 9.99. The number of hydrogen-bond donors (Lipinski definition) is 2. The van der Waals surface area contributed by atoms with Crippen LogP contribution in [0.4, 0.5) is 0 Å². The van der Waals surface area contributed by atoms with Gasteiger partial charge in [-0.2, -0.15) is 0 Å². The SMILES string of the molecule is CC(C)CN1CCN(C(=O)C2(C(N)=NO)CCCC2)CC1. The molecule has 0 aromatic heterocycles. The van der Waals surface area contributed by atoms with Gasteiger partial charge in [-0.15, -0.1) is 0 Å². The number of amides is 1. The van der Waals surface area contributed by atoms with E-state index in [2.05, 4.69) is 23.9 Å². The summed E-state index contributed by atoms with van der Waals surface area (Å²) >= 11 is 0. The molecule has 1 aliphatic carbocycles. The Morgan fingerprint density at radius 1 is 1.24 bits per heavy atom. The largest absolute Gasteiger partial charge is 0.409 e. The summed E-state index contributed by atoms with van der Waals surface area (Å²) in [5, 5.41) is 12.2. The topological polar surface area (TPSA) is 82.2 Å². The predicted molar refractivity (Wildman–Crippen MR) is 82.2 cm³/mol. The molecule has 0 aromatic rings. The lowest BCUT2D eigenvalue weighted by molar-refractivity contribution is -0.140. The molecule has 6 nitrogen and oxygen atoms in total. The molecular weight excluding hydrogens is 268 g/mol. The minimum absolute atomic E-state index is 0.0551. The Kier molecular flexibility index (Phi) is 5.08. The number of oxime groups is 1. The molecule has 1 aliphatic heterocycles. The van der Waals surface area contributed by atoms with Crippen LogP contribution in [0.15, 0.2) is 5.16 Å². The maximum Gasteiger partial charge on any atom is 0.236 e. The zero-order valence-corrected chi connectivity index (χ0v) is 13.2. The van der Waals surface area contributed by atoms with E-state index in [4.69, 9.17) is 10.9 Å². The first-order valence-corrected chi connectivity index (χ1v) is 7.99. The van der Waals surface area contributed by atoms with E-state index < -0.39 is 5.41 Å². The standard InChI is InChI=1S/C15H28N4O2/c1-12(2)11-18-7-9-19(10-8-18)14(20)15(13(16)17-21)5-3-4-6-15/h12,21H,3-11H2,1-2H3,(H2,16,17). The number of nitrogens with two attached hydrogens (primary N) is 1. The van der Waals surface area contributed by atoms with Gasteiger partial charge >= 0.3 is 0 Å². The Morgan fingerprint density at radius 3 is 2.29 bits per heavy atom. The van der Waals surface area contributed by atoms with Gasteiger partial charge in [0.15, 0.2) is 5.84 Å². The molecule has 0 radical (unpaired) electrons. The summed E-state index contributed by atoms with van der Waals surface area (Å²) in [5.41, 5.74) is 5.10. The van der Waals surface area contributed by atoms with Crippen LogP contribution in [0.2, 0.25) is 0 Å². The van der Waals surface area contributed by atoms with E-state index in [1.54, 1.807) is 0 Å². The van der Waals surface area contributed by atoms with Gasteiger partial charge in [0.1, 0.15) is 5.41 Å². The Hall–Kier alpha value is -1.30. The molecule has 0 atom stereocenters. The monoisotopic (exact) mass is 296 g/mol. The second-order valence-corrected chi connectivity index (χ2v) is 6.76. The number of piperazine rings is 1. The molecule has 21 heavy (non-hydrogen) atoms. The summed E-state index contributed by atoms with van der Waals surface area (Å²) in [6.07, 6.45) is 3.34. The van der Waals surface area contributed by atoms with E-state index in [1.807, 2.05) is 4.90 Å². The molecule has 120 valence electrons. The van der Waals surface area contributed by atoms with Gasteiger partial charge in [0.25, 0.3) is 0 Å². The zero-order chi connectivity index (χ0) is 15.5. The van der Waals surface area contributed by atoms with E-state index in [1.165, 1.54) is 0 Å². The summed E-state index contributed by atoms with van der Waals surface area (Å²) < 4.78 is 0. The Balaban J connectivity index is 2.00. The third kappa shape index (κ3) is 3.31. The minimum atomic E-state index is -0.755. The van der Waals surface area contributed by atoms with Gasteiger partial charge in [0, 0.05) is 32.7 Å². The van der Waals surface area contributed by atoms with Crippen molar-refractivity contribution in [1.29, 1.82) is 0 Å². The van der Waals surface area contributed by atoms with Crippen LogP contribution in [0.5, 0.6) is 0 Å². The fraction of sp³-hybridized carbons (Fsp3) is 0.867. The lowest BCUT2D eigenvalue weighted by atomic mass is 9.83. The van der Waals surface area contributed by atoms with Gasteiger partial charge in [-0.1, -0.05) is 31.8 Å². The lowest BCUT2D eigenvalue weighted by Gasteiger charge is -2.39. The van der Waals surface area contributed by atoms with Crippen LogP contribution >= 0.6 is 0 Å². The van der Waals surface area contributed by atoms with Gasteiger partial charge in [-0.3, -0.25) is 9.69 Å². The maximum absolute atomic E-state index is 12.9. The maximum atomic E-state index is 12.9. The molecular formula is C15H28N4O2. The predicted octanol–water partition coefficient (Wildman–Crippen LogP) is 1.09. The Morgan fingerprint density at radius 2 is 1.81 bits per heavy atom. The highest BCUT2D eigenvalue weighted by Gasteiger charge is 2.47. The van der Waals surface area contributed by atoms with E-state index >= 15 is 0 Å². The van der Waals surface area contributed by atoms with Crippen LogP contribution in [0, 0.1) is 11.3 Å². The van der Waals surface area contributed by atoms with Crippen molar-refractivity contribution < 1.29 is 10.0 Å². The Bertz CT molecular complexity index is 394. The van der Waals surface area contributed by atoms with Crippen LogP contribution in [0.3, 0.4) is 0 Å². The highest BCUT2D eigenvalue weighted by molar-refractivity contribution is 6.07. The molecule has 2 rings (SSSR count). The van der Waals surface area contributed by atoms with Gasteiger partial charge in [-0.05, 0) is 18.8 Å². The molecule has 0 aromatic carbocycles. The van der Waals surface area contributed by atoms with Crippen molar-refractivity contribution in [3.05, 3.63) is 0 Å². The second-order valence-electron chi connectivity index (χ2n) is 6.76. The van der Waals surface area contributed by atoms with Crippen LogP contribution in [0.25, 0.3) is 0 Å². The fourth-order valence-electron chi connectivity index (χ4n) is 3.61. The van der Waals surface area contributed by atoms with Crippen molar-refractivity contribution >= 4 is 11.7 Å². The van der Waals surface area contributed by atoms with E-state index in [-0.39, 0.29) is 11.7 Å². The smallest absolute Gasteiger partial charge is 0.236 e. The number of nitrogens with zero attached hydrogens (tertiary/aromatic N) is 3. The zero-order valence-electron chi connectivity index (χ0n) is 13.2. The molecule has 0 spiro atoms. The van der Waals surface area contributed by atoms with Crippen LogP contribution in [-0.2, 0) is 4.79 Å². The summed E-state index contributed by atoms with van der Waals surface area (Å²) in [7, 11) is 0. The third-order valence-electron chi connectivity index (χ3n) is 4.75. The van der Waals surface area contributed by atoms with Crippen LogP contribution in [0.1, 0.15) is 39.5 Å². The van der Waals surface area contributed by atoms with Crippen LogP contribution < -0.4 is 5.73 Å². The van der Waals surface area contributed by atoms with Crippen molar-refractivity contribution in [3.8, 4) is 0 Å². The van der Waals surface area contributed by atoms with Crippen LogP contribution in [-0.4, -0.2) is 59.5 Å². The second kappa shape index (κ2) is 6.64. The molecule has 1 saturated carbocycles. The molecule has 1 saturated heterocycles. The summed E-state index contributed by atoms with van der Waals surface area (Å²) in [4.78, 5) is 17.2. The molecule has 6 heteroatoms. The van der Waals surface area contributed by atoms with Gasteiger partial charge in [0.2, 0.25) is 5.91 Å². The van der Waals surface area contributed by atoms with E-state index in [9.17, 15) is 4.79 Å².